The molecule has 2 aromatic rings. The average molecular weight is 314 g/mol. The minimum Gasteiger partial charge on any atom is -0.288 e. The summed E-state index contributed by atoms with van der Waals surface area (Å²) in [6.07, 6.45) is 0. The zero-order chi connectivity index (χ0) is 12.4. The van der Waals surface area contributed by atoms with Crippen molar-refractivity contribution in [3.05, 3.63) is 68.9 Å². The van der Waals surface area contributed by atoms with Gasteiger partial charge in [0.15, 0.2) is 5.78 Å². The molecule has 0 aliphatic heterocycles. The van der Waals surface area contributed by atoms with E-state index in [0.717, 1.165) is 4.47 Å². The molecule has 86 valence electrons. The first kappa shape index (κ1) is 12.3. The van der Waals surface area contributed by atoms with Crippen LogP contribution in [0.4, 0.5) is 4.39 Å². The number of hydrogen-bond donors (Lipinski definition) is 0. The summed E-state index contributed by atoms with van der Waals surface area (Å²) in [7, 11) is 0. The van der Waals surface area contributed by atoms with E-state index < -0.39 is 11.6 Å². The highest BCUT2D eigenvalue weighted by molar-refractivity contribution is 9.10. The van der Waals surface area contributed by atoms with Gasteiger partial charge in [0.1, 0.15) is 5.82 Å². The van der Waals surface area contributed by atoms with E-state index in [1.54, 1.807) is 24.3 Å². The van der Waals surface area contributed by atoms with Crippen LogP contribution in [0.2, 0.25) is 5.02 Å². The first-order valence-corrected chi connectivity index (χ1v) is 6.01. The molecule has 0 amide bonds. The Hall–Kier alpha value is -1.19. The van der Waals surface area contributed by atoms with E-state index in [-0.39, 0.29) is 10.6 Å². The second-order valence-corrected chi connectivity index (χ2v) is 4.76. The largest absolute Gasteiger partial charge is 0.288 e. The average Bonchev–Trinajstić information content (AvgIpc) is 2.29. The van der Waals surface area contributed by atoms with Crippen molar-refractivity contribution in [1.29, 1.82) is 0 Å². The first-order valence-electron chi connectivity index (χ1n) is 4.84. The Morgan fingerprint density at radius 2 is 1.76 bits per heavy atom. The van der Waals surface area contributed by atoms with Gasteiger partial charge in [-0.2, -0.15) is 0 Å². The molecule has 0 aromatic heterocycles. The van der Waals surface area contributed by atoms with Gasteiger partial charge < -0.3 is 0 Å². The summed E-state index contributed by atoms with van der Waals surface area (Å²) >= 11 is 9.10. The molecule has 0 bridgehead atoms. The molecular formula is C13H7BrClFO. The van der Waals surface area contributed by atoms with Gasteiger partial charge in [-0.05, 0) is 36.4 Å². The van der Waals surface area contributed by atoms with Crippen LogP contribution in [0.1, 0.15) is 15.9 Å². The Kier molecular flexibility index (Phi) is 3.60. The molecule has 0 fully saturated rings. The monoisotopic (exact) mass is 312 g/mol. The van der Waals surface area contributed by atoms with E-state index in [1.807, 2.05) is 0 Å². The Morgan fingerprint density at radius 3 is 2.35 bits per heavy atom. The highest BCUT2D eigenvalue weighted by Crippen LogP contribution is 2.23. The summed E-state index contributed by atoms with van der Waals surface area (Å²) in [5.41, 5.74) is 0.316. The Bertz CT molecular complexity index is 546. The third-order valence-electron chi connectivity index (χ3n) is 2.30. The van der Waals surface area contributed by atoms with Gasteiger partial charge in [0.2, 0.25) is 0 Å². The third-order valence-corrected chi connectivity index (χ3v) is 3.14. The molecule has 0 atom stereocenters. The molecule has 0 radical (unpaired) electrons. The first-order chi connectivity index (χ1) is 8.09. The van der Waals surface area contributed by atoms with Crippen LogP contribution in [-0.2, 0) is 0 Å². The summed E-state index contributed by atoms with van der Waals surface area (Å²) in [5, 5.41) is 0.123. The molecule has 0 spiro atoms. The number of ketones is 1. The van der Waals surface area contributed by atoms with Crippen molar-refractivity contribution in [3.8, 4) is 0 Å². The SMILES string of the molecule is O=C(c1ccc(Br)cc1)c1c(F)cccc1Cl. The molecule has 1 nitrogen and oxygen atoms in total. The van der Waals surface area contributed by atoms with Crippen LogP contribution in [0.25, 0.3) is 0 Å². The fourth-order valence-corrected chi connectivity index (χ4v) is 1.97. The quantitative estimate of drug-likeness (QED) is 0.748. The van der Waals surface area contributed by atoms with E-state index >= 15 is 0 Å². The lowest BCUT2D eigenvalue weighted by atomic mass is 10.0. The number of benzene rings is 2. The molecule has 0 heterocycles. The maximum absolute atomic E-state index is 13.6. The summed E-state index contributed by atoms with van der Waals surface area (Å²) in [6.45, 7) is 0. The van der Waals surface area contributed by atoms with Crippen LogP contribution in [-0.4, -0.2) is 5.78 Å². The standard InChI is InChI=1S/C13H7BrClFO/c14-9-6-4-8(5-7-9)13(17)12-10(15)2-1-3-11(12)16/h1-7H. The molecule has 0 N–H and O–H groups in total. The van der Waals surface area contributed by atoms with Gasteiger partial charge in [-0.3, -0.25) is 4.79 Å². The second-order valence-electron chi connectivity index (χ2n) is 3.43. The van der Waals surface area contributed by atoms with Gasteiger partial charge in [0.05, 0.1) is 10.6 Å². The zero-order valence-corrected chi connectivity index (χ0v) is 10.9. The minimum absolute atomic E-state index is 0.0866. The summed E-state index contributed by atoms with van der Waals surface area (Å²) in [6, 6.07) is 10.9. The van der Waals surface area contributed by atoms with Crippen molar-refractivity contribution in [2.24, 2.45) is 0 Å². The van der Waals surface area contributed by atoms with E-state index in [1.165, 1.54) is 18.2 Å². The Labute approximate surface area is 111 Å². The van der Waals surface area contributed by atoms with Crippen molar-refractivity contribution in [3.63, 3.8) is 0 Å². The predicted octanol–water partition coefficient (Wildman–Crippen LogP) is 4.47. The van der Waals surface area contributed by atoms with Crippen LogP contribution in [0, 0.1) is 5.82 Å². The summed E-state index contributed by atoms with van der Waals surface area (Å²) in [4.78, 5) is 12.1. The minimum atomic E-state index is -0.606. The smallest absolute Gasteiger partial charge is 0.197 e. The van der Waals surface area contributed by atoms with Gasteiger partial charge in [-0.25, -0.2) is 4.39 Å². The number of rotatable bonds is 2. The lowest BCUT2D eigenvalue weighted by molar-refractivity contribution is 0.103. The Balaban J connectivity index is 2.47. The topological polar surface area (TPSA) is 17.1 Å². The molecule has 0 aliphatic carbocycles. The molecule has 4 heteroatoms. The maximum Gasteiger partial charge on any atom is 0.197 e. The molecule has 2 aromatic carbocycles. The van der Waals surface area contributed by atoms with Crippen LogP contribution < -0.4 is 0 Å². The van der Waals surface area contributed by atoms with E-state index in [4.69, 9.17) is 11.6 Å². The third kappa shape index (κ3) is 2.56. The molecule has 0 aliphatic rings. The van der Waals surface area contributed by atoms with Crippen molar-refractivity contribution >= 4 is 33.3 Å². The zero-order valence-electron chi connectivity index (χ0n) is 8.58. The molecule has 0 unspecified atom stereocenters. The number of carbonyl (C=O) groups is 1. The van der Waals surface area contributed by atoms with Gasteiger partial charge in [-0.1, -0.05) is 33.6 Å². The lowest BCUT2D eigenvalue weighted by Crippen LogP contribution is -2.05. The van der Waals surface area contributed by atoms with Crippen LogP contribution in [0.15, 0.2) is 46.9 Å². The molecule has 0 saturated carbocycles. The molecule has 0 saturated heterocycles. The van der Waals surface area contributed by atoms with Crippen LogP contribution in [0.3, 0.4) is 0 Å². The number of hydrogen-bond acceptors (Lipinski definition) is 1. The molecule has 2 rings (SSSR count). The lowest BCUT2D eigenvalue weighted by Gasteiger charge is -2.05. The summed E-state index contributed by atoms with van der Waals surface area (Å²) in [5.74, 6) is -1.02. The van der Waals surface area contributed by atoms with Gasteiger partial charge in [-0.15, -0.1) is 0 Å². The highest BCUT2D eigenvalue weighted by Gasteiger charge is 2.17. The predicted molar refractivity (Wildman–Crippen MR) is 69.0 cm³/mol. The van der Waals surface area contributed by atoms with E-state index in [0.29, 0.717) is 5.56 Å². The van der Waals surface area contributed by atoms with Gasteiger partial charge >= 0.3 is 0 Å². The number of halogens is 3. The fourth-order valence-electron chi connectivity index (χ4n) is 1.46. The normalized spacial score (nSPS) is 10.3. The van der Waals surface area contributed by atoms with Crippen molar-refractivity contribution in [2.45, 2.75) is 0 Å². The maximum atomic E-state index is 13.6. The van der Waals surface area contributed by atoms with E-state index in [9.17, 15) is 9.18 Å². The van der Waals surface area contributed by atoms with Crippen molar-refractivity contribution < 1.29 is 9.18 Å². The van der Waals surface area contributed by atoms with Gasteiger partial charge in [0.25, 0.3) is 0 Å². The summed E-state index contributed by atoms with van der Waals surface area (Å²) < 4.78 is 14.4. The van der Waals surface area contributed by atoms with Crippen LogP contribution >= 0.6 is 27.5 Å². The highest BCUT2D eigenvalue weighted by atomic mass is 79.9. The van der Waals surface area contributed by atoms with E-state index in [2.05, 4.69) is 15.9 Å². The number of carbonyl (C=O) groups excluding carboxylic acids is 1. The van der Waals surface area contributed by atoms with Crippen molar-refractivity contribution in [1.82, 2.24) is 0 Å². The van der Waals surface area contributed by atoms with Gasteiger partial charge in [0, 0.05) is 10.0 Å². The van der Waals surface area contributed by atoms with Crippen LogP contribution in [0.5, 0.6) is 0 Å². The second kappa shape index (κ2) is 4.98. The Morgan fingerprint density at radius 1 is 1.12 bits per heavy atom. The molecule has 17 heavy (non-hydrogen) atoms. The molecular weight excluding hydrogens is 306 g/mol. The van der Waals surface area contributed by atoms with Crippen molar-refractivity contribution in [2.75, 3.05) is 0 Å². The fraction of sp³-hybridized carbons (Fsp3) is 0.